The lowest BCUT2D eigenvalue weighted by Crippen LogP contribution is -2.50. The van der Waals surface area contributed by atoms with Crippen molar-refractivity contribution in [2.45, 2.75) is 70.0 Å². The van der Waals surface area contributed by atoms with E-state index >= 15 is 0 Å². The zero-order valence-corrected chi connectivity index (χ0v) is 23.6. The first-order chi connectivity index (χ1) is 18.2. The SMILES string of the molecule is CC[C@@H](C)NC(=O)[C@H](CC)N(Cc1ccccc1Cl)C(=O)CCCN1c2cccc3cccc(c23)S1(=O)=O. The van der Waals surface area contributed by atoms with Crippen LogP contribution in [0.3, 0.4) is 0 Å². The molecule has 0 fully saturated rings. The number of anilines is 1. The molecule has 0 saturated heterocycles. The Labute approximate surface area is 229 Å². The number of sulfonamides is 1. The Kier molecular flexibility index (Phi) is 8.63. The molecule has 7 nitrogen and oxygen atoms in total. The van der Waals surface area contributed by atoms with Crippen molar-refractivity contribution in [2.75, 3.05) is 10.8 Å². The molecule has 1 N–H and O–H groups in total. The summed E-state index contributed by atoms with van der Waals surface area (Å²) in [7, 11) is -3.69. The minimum absolute atomic E-state index is 0.0153. The Morgan fingerprint density at radius 1 is 1.00 bits per heavy atom. The van der Waals surface area contributed by atoms with Crippen molar-refractivity contribution in [1.82, 2.24) is 10.2 Å². The second-order valence-electron chi connectivity index (χ2n) is 9.67. The maximum atomic E-state index is 13.6. The fourth-order valence-corrected chi connectivity index (χ4v) is 6.83. The zero-order chi connectivity index (χ0) is 27.4. The predicted octanol–water partition coefficient (Wildman–Crippen LogP) is 5.50. The van der Waals surface area contributed by atoms with E-state index in [0.717, 1.165) is 22.8 Å². The summed E-state index contributed by atoms with van der Waals surface area (Å²) in [5.41, 5.74) is 1.39. The lowest BCUT2D eigenvalue weighted by atomic mass is 10.1. The molecule has 0 unspecified atom stereocenters. The highest BCUT2D eigenvalue weighted by Crippen LogP contribution is 2.42. The molecule has 38 heavy (non-hydrogen) atoms. The number of nitrogens with zero attached hydrogens (tertiary/aromatic N) is 2. The number of carbonyl (C=O) groups excluding carboxylic acids is 2. The first kappa shape index (κ1) is 27.9. The molecule has 1 aliphatic rings. The van der Waals surface area contributed by atoms with E-state index in [1.54, 1.807) is 29.2 Å². The highest BCUT2D eigenvalue weighted by molar-refractivity contribution is 7.93. The molecule has 3 aromatic rings. The van der Waals surface area contributed by atoms with Crippen LogP contribution in [0.2, 0.25) is 5.02 Å². The highest BCUT2D eigenvalue weighted by atomic mass is 35.5. The van der Waals surface area contributed by atoms with Gasteiger partial charge in [-0.1, -0.05) is 67.9 Å². The Morgan fingerprint density at radius 2 is 1.71 bits per heavy atom. The van der Waals surface area contributed by atoms with E-state index in [4.69, 9.17) is 11.6 Å². The van der Waals surface area contributed by atoms with Gasteiger partial charge in [0.15, 0.2) is 0 Å². The van der Waals surface area contributed by atoms with Gasteiger partial charge in [0.05, 0.1) is 10.6 Å². The van der Waals surface area contributed by atoms with E-state index in [2.05, 4.69) is 5.32 Å². The van der Waals surface area contributed by atoms with Crippen molar-refractivity contribution >= 4 is 49.9 Å². The average molecular weight is 556 g/mol. The summed E-state index contributed by atoms with van der Waals surface area (Å²) in [5, 5.41) is 5.10. The van der Waals surface area contributed by atoms with Crippen molar-refractivity contribution in [2.24, 2.45) is 0 Å². The smallest absolute Gasteiger partial charge is 0.265 e. The first-order valence-electron chi connectivity index (χ1n) is 13.1. The van der Waals surface area contributed by atoms with Gasteiger partial charge in [-0.15, -0.1) is 0 Å². The molecule has 0 aliphatic carbocycles. The quantitative estimate of drug-likeness (QED) is 0.338. The summed E-state index contributed by atoms with van der Waals surface area (Å²) in [4.78, 5) is 28.6. The van der Waals surface area contributed by atoms with E-state index in [1.165, 1.54) is 4.31 Å². The third-order valence-corrected chi connectivity index (χ3v) is 9.34. The summed E-state index contributed by atoms with van der Waals surface area (Å²) in [6.45, 7) is 6.15. The van der Waals surface area contributed by atoms with Gasteiger partial charge in [0.25, 0.3) is 10.0 Å². The molecule has 4 rings (SSSR count). The largest absolute Gasteiger partial charge is 0.352 e. The molecule has 0 spiro atoms. The topological polar surface area (TPSA) is 86.8 Å². The number of nitrogens with one attached hydrogen (secondary N) is 1. The molecule has 3 aromatic carbocycles. The lowest BCUT2D eigenvalue weighted by molar-refractivity contribution is -0.141. The molecule has 0 bridgehead atoms. The number of carbonyl (C=O) groups is 2. The summed E-state index contributed by atoms with van der Waals surface area (Å²) in [5.74, 6) is -0.421. The van der Waals surface area contributed by atoms with Crippen LogP contribution >= 0.6 is 11.6 Å². The third-order valence-electron chi connectivity index (χ3n) is 7.12. The Morgan fingerprint density at radius 3 is 2.39 bits per heavy atom. The maximum Gasteiger partial charge on any atom is 0.265 e. The van der Waals surface area contributed by atoms with Gasteiger partial charge < -0.3 is 10.2 Å². The standard InChI is InChI=1S/C29H34ClN3O4S/c1-4-20(3)31-29(35)24(5-2)32(19-22-11-6-7-14-23(22)30)27(34)17-10-18-33-25-15-8-12-21-13-9-16-26(28(21)25)38(33,36)37/h6-9,11-16,20,24H,4-5,10,17-19H2,1-3H3,(H,31,35)/t20-,24+/m1/s1. The molecule has 2 amide bonds. The van der Waals surface area contributed by atoms with Gasteiger partial charge in [-0.3, -0.25) is 13.9 Å². The number of rotatable bonds is 11. The number of hydrogen-bond donors (Lipinski definition) is 1. The van der Waals surface area contributed by atoms with Crippen LogP contribution in [-0.2, 0) is 26.2 Å². The van der Waals surface area contributed by atoms with Crippen molar-refractivity contribution in [3.8, 4) is 0 Å². The Bertz CT molecular complexity index is 1440. The van der Waals surface area contributed by atoms with Crippen LogP contribution in [0.25, 0.3) is 10.8 Å². The summed E-state index contributed by atoms with van der Waals surface area (Å²) in [6.07, 6.45) is 1.62. The molecule has 2 atom stereocenters. The van der Waals surface area contributed by atoms with Crippen LogP contribution in [0, 0.1) is 0 Å². The number of hydrogen-bond acceptors (Lipinski definition) is 4. The fourth-order valence-electron chi connectivity index (χ4n) is 4.89. The maximum absolute atomic E-state index is 13.6. The number of benzene rings is 3. The van der Waals surface area contributed by atoms with E-state index in [1.807, 2.05) is 57.2 Å². The third kappa shape index (κ3) is 5.52. The summed E-state index contributed by atoms with van der Waals surface area (Å²) >= 11 is 6.40. The van der Waals surface area contributed by atoms with Gasteiger partial charge in [0, 0.05) is 36.0 Å². The monoisotopic (exact) mass is 555 g/mol. The Hall–Kier alpha value is -3.10. The lowest BCUT2D eigenvalue weighted by Gasteiger charge is -2.32. The van der Waals surface area contributed by atoms with E-state index in [-0.39, 0.29) is 37.4 Å². The van der Waals surface area contributed by atoms with Gasteiger partial charge in [-0.05, 0) is 55.3 Å². The van der Waals surface area contributed by atoms with E-state index in [0.29, 0.717) is 28.4 Å². The molecular weight excluding hydrogens is 522 g/mol. The van der Waals surface area contributed by atoms with Crippen molar-refractivity contribution in [1.29, 1.82) is 0 Å². The van der Waals surface area contributed by atoms with Crippen LogP contribution in [0.1, 0.15) is 52.0 Å². The van der Waals surface area contributed by atoms with Crippen LogP contribution in [-0.4, -0.2) is 43.8 Å². The predicted molar refractivity (Wildman–Crippen MR) is 152 cm³/mol. The molecule has 1 aliphatic heterocycles. The summed E-state index contributed by atoms with van der Waals surface area (Å²) in [6, 6.07) is 17.4. The molecule has 1 heterocycles. The van der Waals surface area contributed by atoms with Gasteiger partial charge in [-0.2, -0.15) is 0 Å². The second-order valence-corrected chi connectivity index (χ2v) is 11.9. The molecular formula is C29H34ClN3O4S. The van der Waals surface area contributed by atoms with Gasteiger partial charge in [0.2, 0.25) is 11.8 Å². The van der Waals surface area contributed by atoms with Crippen molar-refractivity contribution in [3.05, 3.63) is 71.2 Å². The van der Waals surface area contributed by atoms with Crippen LogP contribution in [0.4, 0.5) is 5.69 Å². The summed E-state index contributed by atoms with van der Waals surface area (Å²) < 4.78 is 28.0. The molecule has 0 radical (unpaired) electrons. The number of amides is 2. The number of halogens is 1. The second kappa shape index (κ2) is 11.7. The normalized spacial score (nSPS) is 15.3. The van der Waals surface area contributed by atoms with Crippen LogP contribution in [0.5, 0.6) is 0 Å². The van der Waals surface area contributed by atoms with E-state index < -0.39 is 16.1 Å². The molecule has 0 saturated carbocycles. The molecule has 202 valence electrons. The van der Waals surface area contributed by atoms with Crippen LogP contribution < -0.4 is 9.62 Å². The van der Waals surface area contributed by atoms with Crippen molar-refractivity contribution < 1.29 is 18.0 Å². The highest BCUT2D eigenvalue weighted by Gasteiger charge is 2.35. The van der Waals surface area contributed by atoms with Gasteiger partial charge in [-0.25, -0.2) is 8.42 Å². The molecule has 9 heteroatoms. The minimum atomic E-state index is -3.69. The molecule has 0 aromatic heterocycles. The minimum Gasteiger partial charge on any atom is -0.352 e. The fraction of sp³-hybridized carbons (Fsp3) is 0.379. The Balaban J connectivity index is 1.53. The van der Waals surface area contributed by atoms with Gasteiger partial charge >= 0.3 is 0 Å². The zero-order valence-electron chi connectivity index (χ0n) is 22.0. The van der Waals surface area contributed by atoms with Crippen molar-refractivity contribution in [3.63, 3.8) is 0 Å². The van der Waals surface area contributed by atoms with Gasteiger partial charge in [0.1, 0.15) is 6.04 Å². The van der Waals surface area contributed by atoms with Crippen LogP contribution in [0.15, 0.2) is 65.6 Å². The van der Waals surface area contributed by atoms with E-state index in [9.17, 15) is 18.0 Å². The first-order valence-corrected chi connectivity index (χ1v) is 14.9. The average Bonchev–Trinajstić information content (AvgIpc) is 3.12.